The Morgan fingerprint density at radius 1 is 1.50 bits per heavy atom. The predicted octanol–water partition coefficient (Wildman–Crippen LogP) is 1.35. The first kappa shape index (κ1) is 9.63. The van der Waals surface area contributed by atoms with Crippen LogP contribution in [0.5, 0.6) is 0 Å². The van der Waals surface area contributed by atoms with Crippen LogP contribution < -0.4 is 5.32 Å². The van der Waals surface area contributed by atoms with Gasteiger partial charge < -0.3 is 10.1 Å². The summed E-state index contributed by atoms with van der Waals surface area (Å²) in [5, 5.41) is 3.05. The molecule has 0 aromatic heterocycles. The third kappa shape index (κ3) is 2.10. The van der Waals surface area contributed by atoms with Crippen LogP contribution in [0.3, 0.4) is 0 Å². The van der Waals surface area contributed by atoms with E-state index >= 15 is 0 Å². The van der Waals surface area contributed by atoms with Crippen molar-refractivity contribution in [2.75, 3.05) is 7.05 Å². The molecular weight excluding hydrogens is 126 g/mol. The average Bonchev–Trinajstić information content (AvgIpc) is 2.01. The Balaban J connectivity index is 4.00. The second-order valence-electron chi connectivity index (χ2n) is 2.63. The lowest BCUT2D eigenvalue weighted by Gasteiger charge is -2.24. The number of likely N-dealkylation sites (N-methyl/N-ethyl adjacent to an activating group) is 1. The van der Waals surface area contributed by atoms with Crippen LogP contribution in [-0.2, 0) is 4.79 Å². The lowest BCUT2D eigenvalue weighted by Crippen LogP contribution is -2.43. The van der Waals surface area contributed by atoms with Crippen LogP contribution in [0.15, 0.2) is 0 Å². The van der Waals surface area contributed by atoms with Gasteiger partial charge in [0.05, 0.1) is 5.54 Å². The van der Waals surface area contributed by atoms with Crippen LogP contribution in [0.25, 0.3) is 0 Å². The van der Waals surface area contributed by atoms with Crippen molar-refractivity contribution < 1.29 is 4.79 Å². The van der Waals surface area contributed by atoms with Gasteiger partial charge in [0, 0.05) is 0 Å². The molecule has 1 N–H and O–H groups in total. The molecule has 2 heteroatoms. The Morgan fingerprint density at radius 3 is 2.20 bits per heavy atom. The highest BCUT2D eigenvalue weighted by atomic mass is 16.1. The normalized spacial score (nSPS) is 16.3. The maximum atomic E-state index is 10.6. The molecule has 2 nitrogen and oxygen atoms in total. The smallest absolute Gasteiger partial charge is 0.140 e. The van der Waals surface area contributed by atoms with Gasteiger partial charge in [-0.1, -0.05) is 20.3 Å². The van der Waals surface area contributed by atoms with Crippen molar-refractivity contribution in [3.63, 3.8) is 0 Å². The van der Waals surface area contributed by atoms with E-state index in [1.54, 1.807) is 0 Å². The van der Waals surface area contributed by atoms with Crippen LogP contribution in [0.2, 0.25) is 0 Å². The summed E-state index contributed by atoms with van der Waals surface area (Å²) in [6.07, 6.45) is 3.88. The molecule has 0 rings (SSSR count). The minimum absolute atomic E-state index is 0.255. The molecule has 0 aliphatic carbocycles. The fourth-order valence-corrected chi connectivity index (χ4v) is 1.13. The van der Waals surface area contributed by atoms with Gasteiger partial charge in [-0.3, -0.25) is 0 Å². The summed E-state index contributed by atoms with van der Waals surface area (Å²) < 4.78 is 0. The number of aldehydes is 1. The maximum Gasteiger partial charge on any atom is 0.140 e. The summed E-state index contributed by atoms with van der Waals surface area (Å²) in [7, 11) is 1.84. The van der Waals surface area contributed by atoms with Crippen LogP contribution in [-0.4, -0.2) is 18.9 Å². The molecule has 0 saturated carbocycles. The van der Waals surface area contributed by atoms with Gasteiger partial charge in [-0.05, 0) is 19.9 Å². The second kappa shape index (κ2) is 4.45. The molecule has 60 valence electrons. The minimum atomic E-state index is -0.255. The molecule has 0 aromatic rings. The molecule has 0 bridgehead atoms. The van der Waals surface area contributed by atoms with E-state index in [4.69, 9.17) is 0 Å². The SMILES string of the molecule is CCCC(C=O)(CC)NC. The van der Waals surface area contributed by atoms with Crippen molar-refractivity contribution in [2.45, 2.75) is 38.6 Å². The fourth-order valence-electron chi connectivity index (χ4n) is 1.13. The fraction of sp³-hybridized carbons (Fsp3) is 0.875. The van der Waals surface area contributed by atoms with Crippen molar-refractivity contribution in [2.24, 2.45) is 0 Å². The predicted molar refractivity (Wildman–Crippen MR) is 43.1 cm³/mol. The molecule has 0 heterocycles. The summed E-state index contributed by atoms with van der Waals surface area (Å²) in [6, 6.07) is 0. The van der Waals surface area contributed by atoms with E-state index in [9.17, 15) is 4.79 Å². The zero-order valence-electron chi connectivity index (χ0n) is 7.11. The maximum absolute atomic E-state index is 10.6. The van der Waals surface area contributed by atoms with Gasteiger partial charge in [0.2, 0.25) is 0 Å². The molecule has 1 atom stereocenters. The summed E-state index contributed by atoms with van der Waals surface area (Å²) >= 11 is 0. The molecule has 0 aromatic carbocycles. The molecule has 10 heavy (non-hydrogen) atoms. The minimum Gasteiger partial charge on any atom is -0.308 e. The van der Waals surface area contributed by atoms with E-state index in [2.05, 4.69) is 12.2 Å². The van der Waals surface area contributed by atoms with Crippen molar-refractivity contribution >= 4 is 6.29 Å². The van der Waals surface area contributed by atoms with Crippen molar-refractivity contribution in [1.82, 2.24) is 5.32 Å². The van der Waals surface area contributed by atoms with Gasteiger partial charge in [0.25, 0.3) is 0 Å². The lowest BCUT2D eigenvalue weighted by atomic mass is 9.93. The molecule has 0 radical (unpaired) electrons. The van der Waals surface area contributed by atoms with E-state index in [-0.39, 0.29) is 5.54 Å². The van der Waals surface area contributed by atoms with Crippen LogP contribution in [0.1, 0.15) is 33.1 Å². The lowest BCUT2D eigenvalue weighted by molar-refractivity contribution is -0.113. The molecule has 0 aliphatic rings. The van der Waals surface area contributed by atoms with Crippen LogP contribution >= 0.6 is 0 Å². The highest BCUT2D eigenvalue weighted by molar-refractivity contribution is 5.63. The van der Waals surface area contributed by atoms with Gasteiger partial charge in [-0.25, -0.2) is 0 Å². The summed E-state index contributed by atoms with van der Waals surface area (Å²) in [6.45, 7) is 4.12. The highest BCUT2D eigenvalue weighted by Crippen LogP contribution is 2.13. The van der Waals surface area contributed by atoms with Crippen LogP contribution in [0.4, 0.5) is 0 Å². The number of hydrogen-bond acceptors (Lipinski definition) is 2. The second-order valence-corrected chi connectivity index (χ2v) is 2.63. The monoisotopic (exact) mass is 143 g/mol. The zero-order chi connectivity index (χ0) is 8.04. The summed E-state index contributed by atoms with van der Waals surface area (Å²) in [5.41, 5.74) is -0.255. The molecule has 0 fully saturated rings. The number of nitrogens with one attached hydrogen (secondary N) is 1. The van der Waals surface area contributed by atoms with Crippen LogP contribution in [0, 0.1) is 0 Å². The Kier molecular flexibility index (Phi) is 4.28. The molecule has 1 unspecified atom stereocenters. The molecular formula is C8H17NO. The Bertz CT molecular complexity index is 97.4. The van der Waals surface area contributed by atoms with Gasteiger partial charge in [-0.15, -0.1) is 0 Å². The standard InChI is InChI=1S/C8H17NO/c1-4-6-8(5-2,7-10)9-3/h7,9H,4-6H2,1-3H3. The van der Waals surface area contributed by atoms with Gasteiger partial charge in [-0.2, -0.15) is 0 Å². The van der Waals surface area contributed by atoms with Gasteiger partial charge in [0.1, 0.15) is 6.29 Å². The largest absolute Gasteiger partial charge is 0.308 e. The van der Waals surface area contributed by atoms with Crippen molar-refractivity contribution in [3.8, 4) is 0 Å². The van der Waals surface area contributed by atoms with E-state index < -0.39 is 0 Å². The van der Waals surface area contributed by atoms with E-state index in [0.717, 1.165) is 25.5 Å². The quantitative estimate of drug-likeness (QED) is 0.589. The van der Waals surface area contributed by atoms with E-state index in [1.165, 1.54) is 0 Å². The number of carbonyl (C=O) groups excluding carboxylic acids is 1. The third-order valence-electron chi connectivity index (χ3n) is 2.05. The Morgan fingerprint density at radius 2 is 2.10 bits per heavy atom. The first-order valence-corrected chi connectivity index (χ1v) is 3.90. The Hall–Kier alpha value is -0.370. The summed E-state index contributed by atoms with van der Waals surface area (Å²) in [5.74, 6) is 0. The van der Waals surface area contributed by atoms with Crippen molar-refractivity contribution in [3.05, 3.63) is 0 Å². The Labute approximate surface area is 63.0 Å². The first-order valence-electron chi connectivity index (χ1n) is 3.90. The molecule has 0 aliphatic heterocycles. The third-order valence-corrected chi connectivity index (χ3v) is 2.05. The number of hydrogen-bond donors (Lipinski definition) is 1. The van der Waals surface area contributed by atoms with E-state index in [0.29, 0.717) is 0 Å². The number of rotatable bonds is 5. The van der Waals surface area contributed by atoms with E-state index in [1.807, 2.05) is 14.0 Å². The van der Waals surface area contributed by atoms with Crippen molar-refractivity contribution in [1.29, 1.82) is 0 Å². The molecule has 0 spiro atoms. The molecule has 0 saturated heterocycles. The number of carbonyl (C=O) groups is 1. The highest BCUT2D eigenvalue weighted by Gasteiger charge is 2.23. The van der Waals surface area contributed by atoms with Gasteiger partial charge in [0.15, 0.2) is 0 Å². The van der Waals surface area contributed by atoms with Gasteiger partial charge >= 0.3 is 0 Å². The molecule has 0 amide bonds. The average molecular weight is 143 g/mol. The first-order chi connectivity index (χ1) is 4.74. The summed E-state index contributed by atoms with van der Waals surface area (Å²) in [4.78, 5) is 10.6. The zero-order valence-corrected chi connectivity index (χ0v) is 7.11. The topological polar surface area (TPSA) is 29.1 Å².